The van der Waals surface area contributed by atoms with Gasteiger partial charge in [-0.15, -0.1) is 24.0 Å². The summed E-state index contributed by atoms with van der Waals surface area (Å²) in [5, 5.41) is 3.39. The highest BCUT2D eigenvalue weighted by atomic mass is 127. The fourth-order valence-electron chi connectivity index (χ4n) is 4.55. The van der Waals surface area contributed by atoms with Gasteiger partial charge in [0.05, 0.1) is 0 Å². The Morgan fingerprint density at radius 2 is 1.97 bits per heavy atom. The monoisotopic (exact) mass is 513 g/mol. The summed E-state index contributed by atoms with van der Waals surface area (Å²) in [6.45, 7) is 4.97. The number of carbonyl (C=O) groups excluding carboxylic acids is 1. The topological polar surface area (TPSA) is 51.2 Å². The average Bonchev–Trinajstić information content (AvgIpc) is 2.71. The molecule has 2 atom stereocenters. The van der Waals surface area contributed by atoms with Crippen molar-refractivity contribution in [2.24, 2.45) is 10.9 Å². The summed E-state index contributed by atoms with van der Waals surface area (Å²) in [5.41, 5.74) is 1.41. The van der Waals surface area contributed by atoms with Crippen molar-refractivity contribution in [2.45, 2.75) is 38.3 Å². The van der Waals surface area contributed by atoms with Crippen LogP contribution in [0.1, 0.15) is 31.2 Å². The van der Waals surface area contributed by atoms with Gasteiger partial charge in [0.1, 0.15) is 0 Å². The van der Waals surface area contributed by atoms with E-state index in [0.717, 1.165) is 25.6 Å². The quantitative estimate of drug-likeness (QED) is 0.374. The highest BCUT2D eigenvalue weighted by Gasteiger charge is 2.36. The molecule has 0 bridgehead atoms. The number of aliphatic imine (C=N–C) groups is 1. The van der Waals surface area contributed by atoms with Crippen molar-refractivity contribution in [3.63, 3.8) is 0 Å². The minimum atomic E-state index is 0. The molecule has 6 nitrogen and oxygen atoms in total. The molecule has 1 N–H and O–H groups in total. The van der Waals surface area contributed by atoms with Crippen molar-refractivity contribution in [1.82, 2.24) is 20.0 Å². The minimum absolute atomic E-state index is 0. The summed E-state index contributed by atoms with van der Waals surface area (Å²) >= 11 is 0. The SMILES string of the molecule is CN=C(NCCC(=O)N(C)C)N1CCC2C(CCCN2Cc2ccccc2)C1.I. The Balaban J connectivity index is 0.00000300. The molecule has 29 heavy (non-hydrogen) atoms. The molecule has 2 heterocycles. The van der Waals surface area contributed by atoms with Gasteiger partial charge < -0.3 is 15.1 Å². The number of guanidine groups is 1. The largest absolute Gasteiger partial charge is 0.356 e. The number of rotatable bonds is 5. The Hall–Kier alpha value is -1.35. The van der Waals surface area contributed by atoms with E-state index in [1.54, 1.807) is 19.0 Å². The molecule has 0 saturated carbocycles. The second-order valence-electron chi connectivity index (χ2n) is 8.17. The van der Waals surface area contributed by atoms with E-state index in [-0.39, 0.29) is 29.9 Å². The Labute approximate surface area is 192 Å². The zero-order valence-electron chi connectivity index (χ0n) is 18.0. The zero-order chi connectivity index (χ0) is 19.9. The molecule has 7 heteroatoms. The fraction of sp³-hybridized carbons (Fsp3) is 0.636. The van der Waals surface area contributed by atoms with Crippen LogP contribution in [0.3, 0.4) is 0 Å². The third-order valence-electron chi connectivity index (χ3n) is 6.04. The van der Waals surface area contributed by atoms with Gasteiger partial charge in [-0.3, -0.25) is 14.7 Å². The van der Waals surface area contributed by atoms with Crippen LogP contribution in [-0.4, -0.2) is 79.9 Å². The minimum Gasteiger partial charge on any atom is -0.356 e. The molecule has 0 aromatic heterocycles. The summed E-state index contributed by atoms with van der Waals surface area (Å²) in [6.07, 6.45) is 4.24. The predicted octanol–water partition coefficient (Wildman–Crippen LogP) is 2.64. The standard InChI is InChI=1S/C22H35N5O.HI/c1-23-22(24-13-11-21(28)25(2)3)27-15-12-20-19(17-27)10-7-14-26(20)16-18-8-5-4-6-9-18;/h4-6,8-9,19-20H,7,10-17H2,1-3H3,(H,23,24);1H. The van der Waals surface area contributed by atoms with Crippen LogP contribution in [0.15, 0.2) is 35.3 Å². The number of benzene rings is 1. The van der Waals surface area contributed by atoms with Crippen molar-refractivity contribution in [3.05, 3.63) is 35.9 Å². The van der Waals surface area contributed by atoms with E-state index >= 15 is 0 Å². The smallest absolute Gasteiger partial charge is 0.223 e. The second-order valence-corrected chi connectivity index (χ2v) is 8.17. The number of nitrogens with zero attached hydrogens (tertiary/aromatic N) is 4. The van der Waals surface area contributed by atoms with E-state index in [4.69, 9.17) is 0 Å². The van der Waals surface area contributed by atoms with Crippen LogP contribution in [0.4, 0.5) is 0 Å². The van der Waals surface area contributed by atoms with E-state index in [1.165, 1.54) is 31.4 Å². The summed E-state index contributed by atoms with van der Waals surface area (Å²) in [4.78, 5) is 23.0. The van der Waals surface area contributed by atoms with Gasteiger partial charge >= 0.3 is 0 Å². The first-order chi connectivity index (χ1) is 13.6. The molecule has 2 saturated heterocycles. The highest BCUT2D eigenvalue weighted by molar-refractivity contribution is 14.0. The number of piperidine rings is 2. The molecule has 1 aromatic carbocycles. The van der Waals surface area contributed by atoms with E-state index in [0.29, 0.717) is 24.9 Å². The van der Waals surface area contributed by atoms with E-state index in [9.17, 15) is 4.79 Å². The van der Waals surface area contributed by atoms with Gasteiger partial charge in [0.25, 0.3) is 0 Å². The van der Waals surface area contributed by atoms with Gasteiger partial charge in [-0.05, 0) is 37.3 Å². The number of carbonyl (C=O) groups is 1. The summed E-state index contributed by atoms with van der Waals surface area (Å²) in [7, 11) is 5.43. The molecule has 2 fully saturated rings. The van der Waals surface area contributed by atoms with Crippen molar-refractivity contribution in [3.8, 4) is 0 Å². The molecule has 3 rings (SSSR count). The first kappa shape index (κ1) is 23.9. The number of halogens is 1. The number of likely N-dealkylation sites (tertiary alicyclic amines) is 2. The predicted molar refractivity (Wildman–Crippen MR) is 130 cm³/mol. The maximum absolute atomic E-state index is 11.8. The van der Waals surface area contributed by atoms with Crippen LogP contribution in [0.5, 0.6) is 0 Å². The maximum Gasteiger partial charge on any atom is 0.223 e. The molecule has 0 spiro atoms. The van der Waals surface area contributed by atoms with Crippen molar-refractivity contribution >= 4 is 35.8 Å². The number of hydrogen-bond acceptors (Lipinski definition) is 3. The van der Waals surface area contributed by atoms with Crippen LogP contribution >= 0.6 is 24.0 Å². The Morgan fingerprint density at radius 3 is 2.66 bits per heavy atom. The van der Waals surface area contributed by atoms with Crippen LogP contribution in [0, 0.1) is 5.92 Å². The van der Waals surface area contributed by atoms with Crippen LogP contribution in [0.2, 0.25) is 0 Å². The normalized spacial score (nSPS) is 22.4. The van der Waals surface area contributed by atoms with Gasteiger partial charge in [-0.25, -0.2) is 0 Å². The fourth-order valence-corrected chi connectivity index (χ4v) is 4.55. The lowest BCUT2D eigenvalue weighted by atomic mass is 9.83. The Kier molecular flexibility index (Phi) is 9.68. The third-order valence-corrected chi connectivity index (χ3v) is 6.04. The van der Waals surface area contributed by atoms with Crippen molar-refractivity contribution in [2.75, 3.05) is 47.3 Å². The van der Waals surface area contributed by atoms with Gasteiger partial charge in [0.2, 0.25) is 5.91 Å². The number of hydrogen-bond donors (Lipinski definition) is 1. The lowest BCUT2D eigenvalue weighted by molar-refractivity contribution is -0.128. The van der Waals surface area contributed by atoms with Crippen LogP contribution in [0.25, 0.3) is 0 Å². The van der Waals surface area contributed by atoms with Gasteiger partial charge in [0.15, 0.2) is 5.96 Å². The lowest BCUT2D eigenvalue weighted by Gasteiger charge is -2.48. The van der Waals surface area contributed by atoms with Gasteiger partial charge in [-0.2, -0.15) is 0 Å². The highest BCUT2D eigenvalue weighted by Crippen LogP contribution is 2.31. The van der Waals surface area contributed by atoms with Crippen LogP contribution in [-0.2, 0) is 11.3 Å². The molecule has 1 aromatic rings. The molecule has 2 aliphatic rings. The molecular weight excluding hydrogens is 477 g/mol. The van der Waals surface area contributed by atoms with Gasteiger partial charge in [-0.1, -0.05) is 30.3 Å². The lowest BCUT2D eigenvalue weighted by Crippen LogP contribution is -2.56. The molecule has 0 aliphatic carbocycles. The first-order valence-electron chi connectivity index (χ1n) is 10.5. The molecule has 162 valence electrons. The summed E-state index contributed by atoms with van der Waals surface area (Å²) in [5.74, 6) is 1.77. The maximum atomic E-state index is 11.8. The van der Waals surface area contributed by atoms with Gasteiger partial charge in [0, 0.05) is 59.8 Å². The van der Waals surface area contributed by atoms with E-state index in [2.05, 4.69) is 50.4 Å². The summed E-state index contributed by atoms with van der Waals surface area (Å²) < 4.78 is 0. The van der Waals surface area contributed by atoms with Crippen LogP contribution < -0.4 is 5.32 Å². The summed E-state index contributed by atoms with van der Waals surface area (Å²) in [6, 6.07) is 11.5. The molecule has 2 aliphatic heterocycles. The molecular formula is C22H36IN5O. The number of nitrogens with one attached hydrogen (secondary N) is 1. The van der Waals surface area contributed by atoms with E-state index < -0.39 is 0 Å². The average molecular weight is 513 g/mol. The molecule has 1 amide bonds. The Morgan fingerprint density at radius 1 is 1.21 bits per heavy atom. The zero-order valence-corrected chi connectivity index (χ0v) is 20.3. The number of amides is 1. The second kappa shape index (κ2) is 11.7. The van der Waals surface area contributed by atoms with E-state index in [1.807, 2.05) is 7.05 Å². The van der Waals surface area contributed by atoms with Crippen molar-refractivity contribution < 1.29 is 4.79 Å². The first-order valence-corrected chi connectivity index (χ1v) is 10.5. The molecule has 2 unspecified atom stereocenters. The number of fused-ring (bicyclic) bond motifs is 1. The van der Waals surface area contributed by atoms with Crippen molar-refractivity contribution in [1.29, 1.82) is 0 Å². The molecule has 0 radical (unpaired) electrons. The Bertz CT molecular complexity index is 666. The third kappa shape index (κ3) is 6.57.